The van der Waals surface area contributed by atoms with Crippen LogP contribution in [0.2, 0.25) is 0 Å². The summed E-state index contributed by atoms with van der Waals surface area (Å²) in [5, 5.41) is 9.59. The summed E-state index contributed by atoms with van der Waals surface area (Å²) in [5.74, 6) is -2.49. The lowest BCUT2D eigenvalue weighted by Gasteiger charge is -2.29. The van der Waals surface area contributed by atoms with Crippen molar-refractivity contribution in [2.45, 2.75) is 51.6 Å². The van der Waals surface area contributed by atoms with Crippen LogP contribution in [0.25, 0.3) is 11.3 Å². The van der Waals surface area contributed by atoms with Gasteiger partial charge in [-0.25, -0.2) is 18.7 Å². The number of aromatic nitrogens is 3. The fourth-order valence-electron chi connectivity index (χ4n) is 5.08. The molecule has 0 saturated heterocycles. The molecule has 0 bridgehead atoms. The molecule has 3 aromatic rings. The summed E-state index contributed by atoms with van der Waals surface area (Å²) in [6.07, 6.45) is 4.95. The molecule has 1 N–H and O–H groups in total. The average molecular weight is 496 g/mol. The Balaban J connectivity index is 1.45. The van der Waals surface area contributed by atoms with Crippen molar-refractivity contribution in [3.8, 4) is 22.9 Å². The van der Waals surface area contributed by atoms with E-state index in [1.165, 1.54) is 19.4 Å². The highest BCUT2D eigenvalue weighted by Gasteiger charge is 2.41. The number of hydrogen-bond donors (Lipinski definition) is 1. The SMILES string of the molecule is COc1cc(-c2cnc(C3CCc4ccc([C@H](C5CC5)[C@H](C)C(=O)O)c(F)c4O3)c(C)n2)c(F)cn1. The van der Waals surface area contributed by atoms with Gasteiger partial charge in [-0.2, -0.15) is 0 Å². The molecule has 2 aromatic heterocycles. The summed E-state index contributed by atoms with van der Waals surface area (Å²) in [7, 11) is 1.45. The van der Waals surface area contributed by atoms with Gasteiger partial charge in [0.15, 0.2) is 17.4 Å². The Bertz CT molecular complexity index is 1330. The maximum Gasteiger partial charge on any atom is 0.306 e. The molecule has 188 valence electrons. The van der Waals surface area contributed by atoms with E-state index in [4.69, 9.17) is 9.47 Å². The third kappa shape index (κ3) is 4.38. The lowest BCUT2D eigenvalue weighted by molar-refractivity contribution is -0.142. The van der Waals surface area contributed by atoms with Crippen molar-refractivity contribution >= 4 is 5.97 Å². The number of rotatable bonds is 7. The largest absolute Gasteiger partial charge is 0.481 e. The maximum absolute atomic E-state index is 15.8. The number of aryl methyl sites for hydroxylation is 2. The molecule has 1 aliphatic heterocycles. The van der Waals surface area contributed by atoms with Gasteiger partial charge in [0, 0.05) is 17.5 Å². The minimum absolute atomic E-state index is 0.155. The maximum atomic E-state index is 15.8. The van der Waals surface area contributed by atoms with Gasteiger partial charge in [-0.1, -0.05) is 19.1 Å². The van der Waals surface area contributed by atoms with Crippen molar-refractivity contribution in [3.05, 3.63) is 64.7 Å². The van der Waals surface area contributed by atoms with Crippen LogP contribution in [0.4, 0.5) is 8.78 Å². The molecule has 7 nitrogen and oxygen atoms in total. The van der Waals surface area contributed by atoms with Gasteiger partial charge in [-0.3, -0.25) is 9.78 Å². The molecule has 3 atom stereocenters. The van der Waals surface area contributed by atoms with E-state index < -0.39 is 35.5 Å². The molecule has 1 aromatic carbocycles. The Kier molecular flexibility index (Phi) is 6.32. The van der Waals surface area contributed by atoms with Gasteiger partial charge in [-0.05, 0) is 49.7 Å². The monoisotopic (exact) mass is 495 g/mol. The molecule has 1 fully saturated rings. The van der Waals surface area contributed by atoms with Crippen LogP contribution in [0, 0.1) is 30.4 Å². The number of halogens is 2. The number of carbonyl (C=O) groups is 1. The molecule has 0 radical (unpaired) electrons. The van der Waals surface area contributed by atoms with E-state index >= 15 is 4.39 Å². The first-order valence-corrected chi connectivity index (χ1v) is 12.0. The van der Waals surface area contributed by atoms with Gasteiger partial charge in [0.25, 0.3) is 0 Å². The summed E-state index contributed by atoms with van der Waals surface area (Å²) < 4.78 is 41.4. The number of pyridine rings is 1. The van der Waals surface area contributed by atoms with Crippen LogP contribution in [0.15, 0.2) is 30.6 Å². The van der Waals surface area contributed by atoms with Gasteiger partial charge in [0.1, 0.15) is 11.8 Å². The summed E-state index contributed by atoms with van der Waals surface area (Å²) in [4.78, 5) is 24.6. The van der Waals surface area contributed by atoms with E-state index in [-0.39, 0.29) is 23.1 Å². The molecule has 1 unspecified atom stereocenters. The van der Waals surface area contributed by atoms with Crippen molar-refractivity contribution in [2.24, 2.45) is 11.8 Å². The quantitative estimate of drug-likeness (QED) is 0.468. The van der Waals surface area contributed by atoms with Crippen LogP contribution in [0.5, 0.6) is 11.6 Å². The molecular formula is C27H27F2N3O4. The number of nitrogens with zero attached hydrogens (tertiary/aromatic N) is 3. The molecule has 1 aliphatic carbocycles. The van der Waals surface area contributed by atoms with E-state index in [2.05, 4.69) is 15.0 Å². The zero-order chi connectivity index (χ0) is 25.6. The minimum atomic E-state index is -0.933. The molecule has 5 rings (SSSR count). The topological polar surface area (TPSA) is 94.4 Å². The molecule has 0 spiro atoms. The zero-order valence-electron chi connectivity index (χ0n) is 20.3. The summed E-state index contributed by atoms with van der Waals surface area (Å²) in [5.41, 5.74) is 2.78. The molecule has 9 heteroatoms. The van der Waals surface area contributed by atoms with Crippen molar-refractivity contribution in [2.75, 3.05) is 7.11 Å². The van der Waals surface area contributed by atoms with Crippen LogP contribution >= 0.6 is 0 Å². The second kappa shape index (κ2) is 9.44. The number of carboxylic acid groups (broad SMARTS) is 1. The molecule has 1 saturated carbocycles. The second-order valence-corrected chi connectivity index (χ2v) is 9.52. The lowest BCUT2D eigenvalue weighted by atomic mass is 9.82. The first-order valence-electron chi connectivity index (χ1n) is 12.0. The number of methoxy groups -OCH3 is 1. The summed E-state index contributed by atoms with van der Waals surface area (Å²) >= 11 is 0. The molecule has 36 heavy (non-hydrogen) atoms. The lowest BCUT2D eigenvalue weighted by Crippen LogP contribution is -2.23. The van der Waals surface area contributed by atoms with Crippen molar-refractivity contribution in [1.29, 1.82) is 0 Å². The Morgan fingerprint density at radius 2 is 1.97 bits per heavy atom. The fraction of sp³-hybridized carbons (Fsp3) is 0.407. The van der Waals surface area contributed by atoms with E-state index in [1.807, 2.05) is 6.07 Å². The van der Waals surface area contributed by atoms with Crippen molar-refractivity contribution in [1.82, 2.24) is 15.0 Å². The van der Waals surface area contributed by atoms with E-state index in [0.29, 0.717) is 35.5 Å². The Morgan fingerprint density at radius 3 is 2.64 bits per heavy atom. The number of carboxylic acids is 1. The predicted molar refractivity (Wildman–Crippen MR) is 127 cm³/mol. The van der Waals surface area contributed by atoms with Gasteiger partial charge in [0.2, 0.25) is 5.88 Å². The highest BCUT2D eigenvalue weighted by molar-refractivity contribution is 5.71. The van der Waals surface area contributed by atoms with E-state index in [9.17, 15) is 14.3 Å². The molecule has 2 aliphatic rings. The number of benzene rings is 1. The Morgan fingerprint density at radius 1 is 1.19 bits per heavy atom. The zero-order valence-corrected chi connectivity index (χ0v) is 20.3. The van der Waals surface area contributed by atoms with E-state index in [1.54, 1.807) is 19.9 Å². The minimum Gasteiger partial charge on any atom is -0.481 e. The smallest absolute Gasteiger partial charge is 0.306 e. The first-order chi connectivity index (χ1) is 17.3. The van der Waals surface area contributed by atoms with Gasteiger partial charge in [0.05, 0.1) is 36.8 Å². The number of aliphatic carboxylic acids is 1. The average Bonchev–Trinajstić information content (AvgIpc) is 3.71. The third-order valence-electron chi connectivity index (χ3n) is 7.17. The normalized spacial score (nSPS) is 18.6. The summed E-state index contributed by atoms with van der Waals surface area (Å²) in [6, 6.07) is 5.02. The van der Waals surface area contributed by atoms with E-state index in [0.717, 1.165) is 24.6 Å². The molecule has 0 amide bonds. The van der Waals surface area contributed by atoms with Gasteiger partial charge in [-0.15, -0.1) is 0 Å². The van der Waals surface area contributed by atoms with Crippen molar-refractivity contribution < 1.29 is 28.2 Å². The number of ether oxygens (including phenoxy) is 2. The van der Waals surface area contributed by atoms with Crippen LogP contribution in [-0.4, -0.2) is 33.1 Å². The van der Waals surface area contributed by atoms with Gasteiger partial charge >= 0.3 is 5.97 Å². The van der Waals surface area contributed by atoms with Crippen LogP contribution < -0.4 is 9.47 Å². The number of fused-ring (bicyclic) bond motifs is 1. The number of hydrogen-bond acceptors (Lipinski definition) is 6. The summed E-state index contributed by atoms with van der Waals surface area (Å²) in [6.45, 7) is 3.39. The highest BCUT2D eigenvalue weighted by atomic mass is 19.1. The third-order valence-corrected chi connectivity index (χ3v) is 7.17. The van der Waals surface area contributed by atoms with Crippen molar-refractivity contribution in [3.63, 3.8) is 0 Å². The van der Waals surface area contributed by atoms with Crippen LogP contribution in [0.1, 0.15) is 60.7 Å². The van der Waals surface area contributed by atoms with Crippen LogP contribution in [0.3, 0.4) is 0 Å². The molecule has 3 heterocycles. The predicted octanol–water partition coefficient (Wildman–Crippen LogP) is 5.41. The Hall–Kier alpha value is -3.62. The fourth-order valence-corrected chi connectivity index (χ4v) is 5.08. The second-order valence-electron chi connectivity index (χ2n) is 9.52. The highest BCUT2D eigenvalue weighted by Crippen LogP contribution is 2.49. The molecular weight excluding hydrogens is 468 g/mol. The standard InChI is InChI=1S/C27H27F2N3O4/c1-13(27(33)34)23(15-4-5-15)17-8-6-16-7-9-21(36-26(16)24(17)29)25-14(2)32-20(12-31-25)18-10-22(35-3)30-11-19(18)28/h6,8,10-13,15,21,23H,4-5,7,9H2,1-3H3,(H,33,34)/t13-,21?,23-/m0/s1. The van der Waals surface area contributed by atoms with Gasteiger partial charge < -0.3 is 14.6 Å². The first kappa shape index (κ1) is 24.1. The van der Waals surface area contributed by atoms with Crippen LogP contribution in [-0.2, 0) is 11.2 Å². The Labute approximate surface area is 207 Å².